The Balaban J connectivity index is 1.92. The largest absolute Gasteiger partial charge is 0.494 e. The highest BCUT2D eigenvalue weighted by Crippen LogP contribution is 2.20. The zero-order valence-corrected chi connectivity index (χ0v) is 15.3. The molecular formula is C18H27F3N4O. The van der Waals surface area contributed by atoms with Gasteiger partial charge in [0.05, 0.1) is 19.7 Å². The quantitative estimate of drug-likeness (QED) is 0.571. The third-order valence-electron chi connectivity index (χ3n) is 3.99. The molecule has 146 valence electrons. The molecule has 0 radical (unpaired) electrons. The number of ether oxygens (including phenoxy) is 1. The second-order valence-electron chi connectivity index (χ2n) is 6.26. The van der Waals surface area contributed by atoms with Crippen LogP contribution in [0.1, 0.15) is 25.8 Å². The predicted molar refractivity (Wildman–Crippen MR) is 96.5 cm³/mol. The predicted octanol–water partition coefficient (Wildman–Crippen LogP) is 2.78. The van der Waals surface area contributed by atoms with Gasteiger partial charge in [0.25, 0.3) is 0 Å². The molecule has 1 saturated heterocycles. The highest BCUT2D eigenvalue weighted by atomic mass is 19.4. The molecular weight excluding hydrogens is 345 g/mol. The van der Waals surface area contributed by atoms with E-state index in [4.69, 9.17) is 4.74 Å². The molecule has 26 heavy (non-hydrogen) atoms. The van der Waals surface area contributed by atoms with E-state index in [0.717, 1.165) is 11.3 Å². The molecule has 0 aliphatic carbocycles. The summed E-state index contributed by atoms with van der Waals surface area (Å²) in [7, 11) is 0. The third-order valence-corrected chi connectivity index (χ3v) is 3.99. The molecule has 1 aliphatic rings. The van der Waals surface area contributed by atoms with Crippen molar-refractivity contribution < 1.29 is 17.9 Å². The Morgan fingerprint density at radius 3 is 2.85 bits per heavy atom. The van der Waals surface area contributed by atoms with Crippen molar-refractivity contribution in [3.8, 4) is 5.75 Å². The summed E-state index contributed by atoms with van der Waals surface area (Å²) in [6.07, 6.45) is -3.49. The Bertz CT molecular complexity index is 592. The fourth-order valence-corrected chi connectivity index (χ4v) is 2.93. The average molecular weight is 372 g/mol. The first-order valence-corrected chi connectivity index (χ1v) is 8.95. The van der Waals surface area contributed by atoms with Crippen molar-refractivity contribution in [2.45, 2.75) is 39.0 Å². The molecule has 0 spiro atoms. The van der Waals surface area contributed by atoms with Crippen LogP contribution >= 0.6 is 0 Å². The van der Waals surface area contributed by atoms with Crippen LogP contribution in [0.3, 0.4) is 0 Å². The van der Waals surface area contributed by atoms with Crippen molar-refractivity contribution in [3.05, 3.63) is 29.8 Å². The van der Waals surface area contributed by atoms with E-state index in [1.54, 1.807) is 0 Å². The number of aliphatic imine (C=N–C) groups is 1. The Kier molecular flexibility index (Phi) is 7.56. The van der Waals surface area contributed by atoms with Crippen molar-refractivity contribution in [3.63, 3.8) is 0 Å². The van der Waals surface area contributed by atoms with Crippen LogP contribution in [-0.2, 0) is 6.54 Å². The molecule has 1 atom stereocenters. The van der Waals surface area contributed by atoms with Crippen LogP contribution in [0.5, 0.6) is 5.75 Å². The Morgan fingerprint density at radius 1 is 1.35 bits per heavy atom. The van der Waals surface area contributed by atoms with Crippen LogP contribution in [0.2, 0.25) is 0 Å². The molecule has 1 aromatic carbocycles. The summed E-state index contributed by atoms with van der Waals surface area (Å²) < 4.78 is 43.0. The first kappa shape index (κ1) is 20.4. The normalized spacial score (nSPS) is 18.8. The Morgan fingerprint density at radius 2 is 2.15 bits per heavy atom. The molecule has 1 aromatic rings. The third kappa shape index (κ3) is 7.11. The van der Waals surface area contributed by atoms with Crippen molar-refractivity contribution in [2.75, 3.05) is 32.8 Å². The van der Waals surface area contributed by atoms with Gasteiger partial charge in [-0.05, 0) is 38.0 Å². The number of guanidine groups is 1. The molecule has 0 bridgehead atoms. The van der Waals surface area contributed by atoms with Gasteiger partial charge in [-0.3, -0.25) is 4.90 Å². The lowest BCUT2D eigenvalue weighted by Crippen LogP contribution is -2.45. The summed E-state index contributed by atoms with van der Waals surface area (Å²) in [5.74, 6) is 1.42. The van der Waals surface area contributed by atoms with Gasteiger partial charge < -0.3 is 15.4 Å². The van der Waals surface area contributed by atoms with Gasteiger partial charge in [-0.15, -0.1) is 0 Å². The number of nitrogens with zero attached hydrogens (tertiary/aromatic N) is 2. The van der Waals surface area contributed by atoms with Crippen LogP contribution in [0.25, 0.3) is 0 Å². The maximum atomic E-state index is 12.5. The van der Waals surface area contributed by atoms with E-state index in [-0.39, 0.29) is 6.04 Å². The summed E-state index contributed by atoms with van der Waals surface area (Å²) in [6, 6.07) is 7.69. The van der Waals surface area contributed by atoms with E-state index >= 15 is 0 Å². The van der Waals surface area contributed by atoms with E-state index in [1.807, 2.05) is 38.1 Å². The van der Waals surface area contributed by atoms with E-state index in [1.165, 1.54) is 4.90 Å². The van der Waals surface area contributed by atoms with Gasteiger partial charge in [0, 0.05) is 25.7 Å². The number of hydrogen-bond acceptors (Lipinski definition) is 3. The summed E-state index contributed by atoms with van der Waals surface area (Å²) in [5.41, 5.74) is 1.01. The molecule has 1 aliphatic heterocycles. The van der Waals surface area contributed by atoms with Gasteiger partial charge in [0.2, 0.25) is 0 Å². The summed E-state index contributed by atoms with van der Waals surface area (Å²) >= 11 is 0. The maximum absolute atomic E-state index is 12.5. The fraction of sp³-hybridized carbons (Fsp3) is 0.611. The second kappa shape index (κ2) is 9.66. The molecule has 1 heterocycles. The lowest BCUT2D eigenvalue weighted by atomic mass is 10.2. The second-order valence-corrected chi connectivity index (χ2v) is 6.26. The number of hydrogen-bond donors (Lipinski definition) is 2. The topological polar surface area (TPSA) is 48.9 Å². The smallest absolute Gasteiger partial charge is 0.401 e. The zero-order chi connectivity index (χ0) is 19.0. The van der Waals surface area contributed by atoms with Gasteiger partial charge in [0.15, 0.2) is 5.96 Å². The number of rotatable bonds is 7. The zero-order valence-electron chi connectivity index (χ0n) is 15.3. The number of alkyl halides is 3. The minimum Gasteiger partial charge on any atom is -0.494 e. The Hall–Kier alpha value is -1.96. The summed E-state index contributed by atoms with van der Waals surface area (Å²) in [4.78, 5) is 5.97. The summed E-state index contributed by atoms with van der Waals surface area (Å²) in [6.45, 7) is 5.59. The number of halogens is 3. The molecule has 1 unspecified atom stereocenters. The minimum atomic E-state index is -4.15. The fourth-order valence-electron chi connectivity index (χ4n) is 2.93. The lowest BCUT2D eigenvalue weighted by molar-refractivity contribution is -0.143. The van der Waals surface area contributed by atoms with Gasteiger partial charge in [-0.1, -0.05) is 12.1 Å². The lowest BCUT2D eigenvalue weighted by Gasteiger charge is -2.19. The molecule has 0 saturated carbocycles. The molecule has 0 aromatic heterocycles. The van der Waals surface area contributed by atoms with E-state index in [9.17, 15) is 13.2 Å². The molecule has 2 rings (SSSR count). The molecule has 0 amide bonds. The minimum absolute atomic E-state index is 0.0371. The maximum Gasteiger partial charge on any atom is 0.401 e. The monoisotopic (exact) mass is 372 g/mol. The van der Waals surface area contributed by atoms with Crippen LogP contribution < -0.4 is 15.4 Å². The van der Waals surface area contributed by atoms with Crippen LogP contribution in [0.4, 0.5) is 13.2 Å². The average Bonchev–Trinajstić information content (AvgIpc) is 2.98. The van der Waals surface area contributed by atoms with Crippen molar-refractivity contribution in [1.82, 2.24) is 15.5 Å². The van der Waals surface area contributed by atoms with E-state index in [0.29, 0.717) is 45.2 Å². The number of likely N-dealkylation sites (tertiary alicyclic amines) is 1. The highest BCUT2D eigenvalue weighted by molar-refractivity contribution is 5.80. The van der Waals surface area contributed by atoms with Crippen LogP contribution in [-0.4, -0.2) is 55.9 Å². The van der Waals surface area contributed by atoms with Gasteiger partial charge >= 0.3 is 6.18 Å². The van der Waals surface area contributed by atoms with Crippen molar-refractivity contribution >= 4 is 5.96 Å². The highest BCUT2D eigenvalue weighted by Gasteiger charge is 2.34. The molecule has 5 nitrogen and oxygen atoms in total. The van der Waals surface area contributed by atoms with E-state index < -0.39 is 12.7 Å². The van der Waals surface area contributed by atoms with Crippen molar-refractivity contribution in [2.24, 2.45) is 4.99 Å². The van der Waals surface area contributed by atoms with Gasteiger partial charge in [-0.2, -0.15) is 13.2 Å². The number of nitrogens with one attached hydrogen (secondary N) is 2. The van der Waals surface area contributed by atoms with E-state index in [2.05, 4.69) is 15.6 Å². The molecule has 1 fully saturated rings. The first-order valence-electron chi connectivity index (χ1n) is 8.95. The number of benzene rings is 1. The first-order chi connectivity index (χ1) is 12.4. The summed E-state index contributed by atoms with van der Waals surface area (Å²) in [5, 5.41) is 6.39. The Labute approximate surface area is 152 Å². The molecule has 8 heteroatoms. The van der Waals surface area contributed by atoms with Crippen molar-refractivity contribution in [1.29, 1.82) is 0 Å². The van der Waals surface area contributed by atoms with Crippen LogP contribution in [0, 0.1) is 0 Å². The standard InChI is InChI=1S/C18H27F3N4O/c1-3-22-17(23-11-14-6-5-7-16(10-14)26-4-2)24-15-8-9-25(12-15)13-18(19,20)21/h5-7,10,15H,3-4,8-9,11-13H2,1-2H3,(H2,22,23,24). The van der Waals surface area contributed by atoms with Crippen LogP contribution in [0.15, 0.2) is 29.3 Å². The molecule has 2 N–H and O–H groups in total. The van der Waals surface area contributed by atoms with Gasteiger partial charge in [0.1, 0.15) is 5.75 Å². The van der Waals surface area contributed by atoms with Gasteiger partial charge in [-0.25, -0.2) is 4.99 Å². The SMILES string of the molecule is CCNC(=NCc1cccc(OCC)c1)NC1CCN(CC(F)(F)F)C1.